The molecule has 1 aliphatic rings. The van der Waals surface area contributed by atoms with Crippen molar-refractivity contribution >= 4 is 34.8 Å². The Morgan fingerprint density at radius 1 is 1.10 bits per heavy atom. The van der Waals surface area contributed by atoms with E-state index in [2.05, 4.69) is 31.0 Å². The van der Waals surface area contributed by atoms with E-state index in [0.29, 0.717) is 11.5 Å². The van der Waals surface area contributed by atoms with Crippen molar-refractivity contribution in [3.8, 4) is 0 Å². The molecule has 7 heteroatoms. The second kappa shape index (κ2) is 8.66. The van der Waals surface area contributed by atoms with Crippen LogP contribution in [0, 0.1) is 0 Å². The highest BCUT2D eigenvalue weighted by Crippen LogP contribution is 2.32. The molecule has 0 aliphatic carbocycles. The number of nitrogen functional groups attached to an aromatic ring is 1. The first-order chi connectivity index (χ1) is 14.1. The summed E-state index contributed by atoms with van der Waals surface area (Å²) in [6.07, 6.45) is 2.22. The van der Waals surface area contributed by atoms with E-state index in [-0.39, 0.29) is 33.4 Å². The molecule has 5 N–H and O–H groups in total. The lowest BCUT2D eigenvalue weighted by molar-refractivity contribution is 0.0997. The maximum absolute atomic E-state index is 12.7. The predicted octanol–water partition coefficient (Wildman–Crippen LogP) is 4.25. The van der Waals surface area contributed by atoms with Gasteiger partial charge in [-0.05, 0) is 82.4 Å². The molecule has 0 radical (unpaired) electrons. The molecular formula is C23H29ClN4O2. The normalized spacial score (nSPS) is 15.7. The Bertz CT molecular complexity index is 943. The predicted molar refractivity (Wildman–Crippen MR) is 122 cm³/mol. The molecule has 0 unspecified atom stereocenters. The summed E-state index contributed by atoms with van der Waals surface area (Å²) >= 11 is 6.02. The standard InChI is InChI=1S/C23H29ClN4O2/c1-23(2,3)28-10-8-15(9-11-28)14-4-6-16(7-5-14)22(30)27-19-13-17(24)12-18(20(19)25)21(26)29/h4-7,12-13,15H,8-11,25H2,1-3H3,(H2,26,29)(H,27,30). The van der Waals surface area contributed by atoms with Crippen LogP contribution in [0.25, 0.3) is 0 Å². The molecule has 30 heavy (non-hydrogen) atoms. The summed E-state index contributed by atoms with van der Waals surface area (Å²) in [5.41, 5.74) is 13.7. The van der Waals surface area contributed by atoms with Crippen molar-refractivity contribution in [1.29, 1.82) is 0 Å². The lowest BCUT2D eigenvalue weighted by Crippen LogP contribution is -2.45. The van der Waals surface area contributed by atoms with Gasteiger partial charge in [0.05, 0.1) is 16.9 Å². The molecule has 1 aliphatic heterocycles. The number of carbonyl (C=O) groups is 2. The van der Waals surface area contributed by atoms with Crippen LogP contribution in [0.3, 0.4) is 0 Å². The average Bonchev–Trinajstić information content (AvgIpc) is 2.69. The first kappa shape index (κ1) is 22.1. The van der Waals surface area contributed by atoms with Crippen LogP contribution in [0.2, 0.25) is 5.02 Å². The summed E-state index contributed by atoms with van der Waals surface area (Å²) in [4.78, 5) is 26.7. The fourth-order valence-electron chi connectivity index (χ4n) is 3.91. The van der Waals surface area contributed by atoms with Gasteiger partial charge in [0, 0.05) is 16.1 Å². The van der Waals surface area contributed by atoms with Gasteiger partial charge in [0.15, 0.2) is 0 Å². The van der Waals surface area contributed by atoms with Crippen molar-refractivity contribution in [2.75, 3.05) is 24.1 Å². The van der Waals surface area contributed by atoms with Gasteiger partial charge in [0.2, 0.25) is 0 Å². The second-order valence-electron chi connectivity index (χ2n) is 8.79. The van der Waals surface area contributed by atoms with Crippen LogP contribution in [0.4, 0.5) is 11.4 Å². The molecule has 3 rings (SSSR count). The van der Waals surface area contributed by atoms with Crippen molar-refractivity contribution in [2.45, 2.75) is 45.1 Å². The summed E-state index contributed by atoms with van der Waals surface area (Å²) < 4.78 is 0. The molecule has 2 aromatic rings. The number of anilines is 2. The monoisotopic (exact) mass is 428 g/mol. The van der Waals surface area contributed by atoms with Crippen LogP contribution in [0.15, 0.2) is 36.4 Å². The van der Waals surface area contributed by atoms with Gasteiger partial charge >= 0.3 is 0 Å². The molecule has 1 fully saturated rings. The van der Waals surface area contributed by atoms with E-state index >= 15 is 0 Å². The first-order valence-electron chi connectivity index (χ1n) is 10.1. The quantitative estimate of drug-likeness (QED) is 0.633. The van der Waals surface area contributed by atoms with Crippen LogP contribution in [-0.4, -0.2) is 35.3 Å². The number of nitrogens with two attached hydrogens (primary N) is 2. The Labute approximate surface area is 182 Å². The van der Waals surface area contributed by atoms with E-state index in [1.807, 2.05) is 24.3 Å². The van der Waals surface area contributed by atoms with Gasteiger partial charge in [0.25, 0.3) is 11.8 Å². The number of rotatable bonds is 4. The van der Waals surface area contributed by atoms with Gasteiger partial charge in [-0.2, -0.15) is 0 Å². The summed E-state index contributed by atoms with van der Waals surface area (Å²) in [5, 5.41) is 2.99. The molecular weight excluding hydrogens is 400 g/mol. The summed E-state index contributed by atoms with van der Waals surface area (Å²) in [6, 6.07) is 10.5. The van der Waals surface area contributed by atoms with Crippen LogP contribution in [0.5, 0.6) is 0 Å². The highest BCUT2D eigenvalue weighted by molar-refractivity contribution is 6.31. The molecule has 0 bridgehead atoms. The minimum atomic E-state index is -0.702. The summed E-state index contributed by atoms with van der Waals surface area (Å²) in [5.74, 6) is -0.525. The van der Waals surface area contributed by atoms with Crippen LogP contribution < -0.4 is 16.8 Å². The fourth-order valence-corrected chi connectivity index (χ4v) is 4.13. The molecule has 2 aromatic carbocycles. The third-order valence-corrected chi connectivity index (χ3v) is 5.96. The third kappa shape index (κ3) is 4.94. The lowest BCUT2D eigenvalue weighted by Gasteiger charge is -2.41. The van der Waals surface area contributed by atoms with Crippen LogP contribution in [0.1, 0.15) is 65.8 Å². The average molecular weight is 429 g/mol. The van der Waals surface area contributed by atoms with E-state index < -0.39 is 5.91 Å². The Kier molecular flexibility index (Phi) is 6.38. The second-order valence-corrected chi connectivity index (χ2v) is 9.22. The Hall–Kier alpha value is -2.57. The SMILES string of the molecule is CC(C)(C)N1CCC(c2ccc(C(=O)Nc3cc(Cl)cc(C(N)=O)c3N)cc2)CC1. The third-order valence-electron chi connectivity index (χ3n) is 5.75. The van der Waals surface area contributed by atoms with Crippen molar-refractivity contribution in [3.63, 3.8) is 0 Å². The number of nitrogens with zero attached hydrogens (tertiary/aromatic N) is 1. The smallest absolute Gasteiger partial charge is 0.255 e. The van der Waals surface area contributed by atoms with Crippen LogP contribution in [-0.2, 0) is 0 Å². The Morgan fingerprint density at radius 2 is 1.70 bits per heavy atom. The first-order valence-corrected chi connectivity index (χ1v) is 10.5. The van der Waals surface area contributed by atoms with Gasteiger partial charge in [-0.25, -0.2) is 0 Å². The number of hydrogen-bond acceptors (Lipinski definition) is 4. The molecule has 0 aromatic heterocycles. The molecule has 0 saturated carbocycles. The van der Waals surface area contributed by atoms with Gasteiger partial charge < -0.3 is 16.8 Å². The van der Waals surface area contributed by atoms with E-state index in [1.165, 1.54) is 17.7 Å². The summed E-state index contributed by atoms with van der Waals surface area (Å²) in [6.45, 7) is 8.90. The zero-order valence-corrected chi connectivity index (χ0v) is 18.4. The van der Waals surface area contributed by atoms with Gasteiger partial charge in [-0.1, -0.05) is 23.7 Å². The van der Waals surface area contributed by atoms with E-state index in [9.17, 15) is 9.59 Å². The highest BCUT2D eigenvalue weighted by atomic mass is 35.5. The Balaban J connectivity index is 1.69. The van der Waals surface area contributed by atoms with Crippen molar-refractivity contribution in [3.05, 3.63) is 58.1 Å². The fraction of sp³-hybridized carbons (Fsp3) is 0.391. The number of amides is 2. The zero-order chi connectivity index (χ0) is 22.1. The number of nitrogens with one attached hydrogen (secondary N) is 1. The van der Waals surface area contributed by atoms with E-state index in [0.717, 1.165) is 25.9 Å². The van der Waals surface area contributed by atoms with Gasteiger partial charge in [-0.15, -0.1) is 0 Å². The molecule has 0 atom stereocenters. The highest BCUT2D eigenvalue weighted by Gasteiger charge is 2.27. The maximum atomic E-state index is 12.7. The van der Waals surface area contributed by atoms with Crippen LogP contribution >= 0.6 is 11.6 Å². The number of hydrogen-bond donors (Lipinski definition) is 3. The largest absolute Gasteiger partial charge is 0.396 e. The molecule has 2 amide bonds. The molecule has 1 saturated heterocycles. The number of likely N-dealkylation sites (tertiary alicyclic amines) is 1. The van der Waals surface area contributed by atoms with Gasteiger partial charge in [-0.3, -0.25) is 14.5 Å². The molecule has 160 valence electrons. The topological polar surface area (TPSA) is 101 Å². The number of benzene rings is 2. The van der Waals surface area contributed by atoms with E-state index in [4.69, 9.17) is 23.1 Å². The Morgan fingerprint density at radius 3 is 2.23 bits per heavy atom. The number of primary amides is 1. The summed E-state index contributed by atoms with van der Waals surface area (Å²) in [7, 11) is 0. The number of piperidine rings is 1. The molecule has 6 nitrogen and oxygen atoms in total. The minimum Gasteiger partial charge on any atom is -0.396 e. The van der Waals surface area contributed by atoms with Crippen molar-refractivity contribution < 1.29 is 9.59 Å². The molecule has 1 heterocycles. The van der Waals surface area contributed by atoms with E-state index in [1.54, 1.807) is 0 Å². The maximum Gasteiger partial charge on any atom is 0.255 e. The van der Waals surface area contributed by atoms with Crippen molar-refractivity contribution in [2.24, 2.45) is 5.73 Å². The lowest BCUT2D eigenvalue weighted by atomic mass is 9.87. The van der Waals surface area contributed by atoms with Crippen molar-refractivity contribution in [1.82, 2.24) is 4.90 Å². The number of carbonyl (C=O) groups excluding carboxylic acids is 2. The zero-order valence-electron chi connectivity index (χ0n) is 17.7. The molecule has 0 spiro atoms. The minimum absolute atomic E-state index is 0.0785. The number of halogens is 1. The van der Waals surface area contributed by atoms with Gasteiger partial charge in [0.1, 0.15) is 0 Å².